The van der Waals surface area contributed by atoms with Crippen molar-refractivity contribution in [1.29, 1.82) is 0 Å². The van der Waals surface area contributed by atoms with Gasteiger partial charge in [0.2, 0.25) is 0 Å². The molecule has 0 unspecified atom stereocenters. The first-order chi connectivity index (χ1) is 13.4. The highest BCUT2D eigenvalue weighted by molar-refractivity contribution is 9.10. The lowest BCUT2D eigenvalue weighted by atomic mass is 10.1. The fourth-order valence-electron chi connectivity index (χ4n) is 2.58. The maximum atomic E-state index is 12.8. The molecule has 6 nitrogen and oxygen atoms in total. The first-order valence-corrected chi connectivity index (χ1v) is 9.67. The number of imide groups is 2. The number of benzene rings is 2. The number of carbonyl (C=O) groups excluding carboxylic acids is 3. The number of hydrogen-bond acceptors (Lipinski definition) is 4. The van der Waals surface area contributed by atoms with E-state index < -0.39 is 17.8 Å². The normalized spacial score (nSPS) is 15.8. The van der Waals surface area contributed by atoms with E-state index in [9.17, 15) is 14.4 Å². The molecular formula is C20H16BrClN2O4. The number of halogens is 2. The molecule has 28 heavy (non-hydrogen) atoms. The van der Waals surface area contributed by atoms with Gasteiger partial charge in [0.05, 0.1) is 17.3 Å². The maximum Gasteiger partial charge on any atom is 0.335 e. The van der Waals surface area contributed by atoms with Crippen molar-refractivity contribution in [3.05, 3.63) is 63.1 Å². The third kappa shape index (κ3) is 4.26. The number of urea groups is 1. The molecule has 0 saturated carbocycles. The van der Waals surface area contributed by atoms with Crippen LogP contribution in [0.2, 0.25) is 5.02 Å². The van der Waals surface area contributed by atoms with E-state index in [1.165, 1.54) is 6.08 Å². The largest absolute Gasteiger partial charge is 0.492 e. The summed E-state index contributed by atoms with van der Waals surface area (Å²) in [6, 6.07) is 10.8. The fourth-order valence-corrected chi connectivity index (χ4v) is 3.09. The van der Waals surface area contributed by atoms with Crippen LogP contribution in [-0.2, 0) is 9.59 Å². The summed E-state index contributed by atoms with van der Waals surface area (Å²) in [6.45, 7) is 2.52. The van der Waals surface area contributed by atoms with Crippen molar-refractivity contribution in [2.45, 2.75) is 13.3 Å². The summed E-state index contributed by atoms with van der Waals surface area (Å²) in [5.41, 5.74) is 0.726. The van der Waals surface area contributed by atoms with Gasteiger partial charge in [0.1, 0.15) is 11.3 Å². The van der Waals surface area contributed by atoms with Crippen molar-refractivity contribution >= 4 is 57.1 Å². The summed E-state index contributed by atoms with van der Waals surface area (Å²) in [5.74, 6) is -0.943. The molecule has 1 heterocycles. The molecule has 2 aromatic rings. The lowest BCUT2D eigenvalue weighted by Crippen LogP contribution is -2.54. The molecule has 1 aliphatic heterocycles. The summed E-state index contributed by atoms with van der Waals surface area (Å²) in [4.78, 5) is 38.2. The van der Waals surface area contributed by atoms with E-state index in [1.807, 2.05) is 6.92 Å². The van der Waals surface area contributed by atoms with E-state index in [0.29, 0.717) is 28.6 Å². The molecular weight excluding hydrogens is 448 g/mol. The zero-order valence-corrected chi connectivity index (χ0v) is 17.2. The average Bonchev–Trinajstić information content (AvgIpc) is 2.66. The van der Waals surface area contributed by atoms with E-state index >= 15 is 0 Å². The average molecular weight is 464 g/mol. The molecule has 1 saturated heterocycles. The van der Waals surface area contributed by atoms with Gasteiger partial charge in [0.15, 0.2) is 0 Å². The van der Waals surface area contributed by atoms with Crippen molar-refractivity contribution in [3.8, 4) is 5.75 Å². The van der Waals surface area contributed by atoms with E-state index in [4.69, 9.17) is 16.3 Å². The third-order valence-corrected chi connectivity index (χ3v) is 4.74. The molecule has 0 atom stereocenters. The first-order valence-electron chi connectivity index (χ1n) is 8.50. The Labute approximate surface area is 175 Å². The van der Waals surface area contributed by atoms with Crippen LogP contribution in [-0.4, -0.2) is 24.5 Å². The van der Waals surface area contributed by atoms with Gasteiger partial charge >= 0.3 is 6.03 Å². The van der Waals surface area contributed by atoms with Gasteiger partial charge in [0, 0.05) is 4.47 Å². The van der Waals surface area contributed by atoms with E-state index in [-0.39, 0.29) is 5.57 Å². The Kier molecular flexibility index (Phi) is 6.16. The molecule has 0 aliphatic carbocycles. The van der Waals surface area contributed by atoms with Gasteiger partial charge in [0.25, 0.3) is 11.8 Å². The van der Waals surface area contributed by atoms with Crippen LogP contribution in [0.5, 0.6) is 5.75 Å². The number of hydrogen-bond donors (Lipinski definition) is 1. The van der Waals surface area contributed by atoms with Crippen molar-refractivity contribution in [1.82, 2.24) is 5.32 Å². The van der Waals surface area contributed by atoms with Crippen LogP contribution in [0.1, 0.15) is 18.9 Å². The molecule has 1 N–H and O–H groups in total. The molecule has 0 radical (unpaired) electrons. The highest BCUT2D eigenvalue weighted by Crippen LogP contribution is 2.28. The highest BCUT2D eigenvalue weighted by Gasteiger charge is 2.36. The summed E-state index contributed by atoms with van der Waals surface area (Å²) < 4.78 is 6.32. The second kappa shape index (κ2) is 8.58. The van der Waals surface area contributed by atoms with Crippen LogP contribution in [0.4, 0.5) is 10.5 Å². The first kappa shape index (κ1) is 20.1. The number of anilines is 1. The van der Waals surface area contributed by atoms with Crippen LogP contribution in [0, 0.1) is 0 Å². The minimum absolute atomic E-state index is 0.166. The standard InChI is InChI=1S/C20H16BrClN2O4/c1-2-9-28-17-8-3-12(11-16(17)22)10-15-18(25)23-20(27)24(19(15)26)14-6-4-13(21)5-7-14/h3-8,10-11H,2,9H2,1H3,(H,23,25,27)/b15-10+. The molecule has 0 spiro atoms. The Morgan fingerprint density at radius 1 is 1.14 bits per heavy atom. The number of nitrogens with one attached hydrogen (secondary N) is 1. The lowest BCUT2D eigenvalue weighted by Gasteiger charge is -2.26. The molecule has 8 heteroatoms. The Hall–Kier alpha value is -2.64. The topological polar surface area (TPSA) is 75.7 Å². The molecule has 144 valence electrons. The molecule has 2 aromatic carbocycles. The molecule has 0 aromatic heterocycles. The third-order valence-electron chi connectivity index (χ3n) is 3.92. The lowest BCUT2D eigenvalue weighted by molar-refractivity contribution is -0.122. The summed E-state index contributed by atoms with van der Waals surface area (Å²) >= 11 is 9.51. The van der Waals surface area contributed by atoms with Gasteiger partial charge in [-0.2, -0.15) is 0 Å². The zero-order valence-electron chi connectivity index (χ0n) is 14.9. The number of nitrogens with zero attached hydrogens (tertiary/aromatic N) is 1. The van der Waals surface area contributed by atoms with Gasteiger partial charge < -0.3 is 4.74 Å². The number of carbonyl (C=O) groups is 3. The summed E-state index contributed by atoms with van der Waals surface area (Å²) in [5, 5.41) is 2.55. The van der Waals surface area contributed by atoms with Crippen LogP contribution >= 0.6 is 27.5 Å². The van der Waals surface area contributed by atoms with Crippen LogP contribution in [0.15, 0.2) is 52.5 Å². The van der Waals surface area contributed by atoms with Crippen molar-refractivity contribution < 1.29 is 19.1 Å². The van der Waals surface area contributed by atoms with Gasteiger partial charge in [-0.15, -0.1) is 0 Å². The van der Waals surface area contributed by atoms with Gasteiger partial charge in [-0.05, 0) is 54.5 Å². The van der Waals surface area contributed by atoms with Gasteiger partial charge in [-0.1, -0.05) is 40.5 Å². The number of rotatable bonds is 5. The Balaban J connectivity index is 1.92. The SMILES string of the molecule is CCCOc1ccc(/C=C2\C(=O)NC(=O)N(c3ccc(Br)cc3)C2=O)cc1Cl. The monoisotopic (exact) mass is 462 g/mol. The van der Waals surface area contributed by atoms with Crippen LogP contribution < -0.4 is 15.0 Å². The minimum Gasteiger partial charge on any atom is -0.492 e. The van der Waals surface area contributed by atoms with E-state index in [2.05, 4.69) is 21.2 Å². The van der Waals surface area contributed by atoms with Crippen molar-refractivity contribution in [2.75, 3.05) is 11.5 Å². The second-order valence-corrected chi connectivity index (χ2v) is 7.30. The Morgan fingerprint density at radius 2 is 1.86 bits per heavy atom. The number of ether oxygens (including phenoxy) is 1. The fraction of sp³-hybridized carbons (Fsp3) is 0.150. The number of amides is 4. The van der Waals surface area contributed by atoms with E-state index in [1.54, 1.807) is 42.5 Å². The quantitative estimate of drug-likeness (QED) is 0.521. The minimum atomic E-state index is -0.796. The molecule has 0 bridgehead atoms. The van der Waals surface area contributed by atoms with Gasteiger partial charge in [-0.25, -0.2) is 9.69 Å². The van der Waals surface area contributed by atoms with Crippen LogP contribution in [0.25, 0.3) is 6.08 Å². The Morgan fingerprint density at radius 3 is 2.50 bits per heavy atom. The smallest absolute Gasteiger partial charge is 0.335 e. The van der Waals surface area contributed by atoms with Crippen molar-refractivity contribution in [3.63, 3.8) is 0 Å². The predicted octanol–water partition coefficient (Wildman–Crippen LogP) is 4.56. The van der Waals surface area contributed by atoms with Crippen molar-refractivity contribution in [2.24, 2.45) is 0 Å². The van der Waals surface area contributed by atoms with E-state index in [0.717, 1.165) is 15.8 Å². The summed E-state index contributed by atoms with van der Waals surface area (Å²) in [6.07, 6.45) is 2.24. The molecule has 4 amide bonds. The molecule has 1 aliphatic rings. The number of barbiturate groups is 1. The zero-order chi connectivity index (χ0) is 20.3. The molecule has 3 rings (SSSR count). The highest BCUT2D eigenvalue weighted by atomic mass is 79.9. The predicted molar refractivity (Wildman–Crippen MR) is 110 cm³/mol. The maximum absolute atomic E-state index is 12.8. The second-order valence-electron chi connectivity index (χ2n) is 5.97. The van der Waals surface area contributed by atoms with Crippen LogP contribution in [0.3, 0.4) is 0 Å². The summed E-state index contributed by atoms with van der Waals surface area (Å²) in [7, 11) is 0. The molecule has 1 fully saturated rings. The van der Waals surface area contributed by atoms with Gasteiger partial charge in [-0.3, -0.25) is 14.9 Å². The Bertz CT molecular complexity index is 973.